The Kier molecular flexibility index (Phi) is 4.04. The van der Waals surface area contributed by atoms with E-state index in [4.69, 9.17) is 5.73 Å². The van der Waals surface area contributed by atoms with E-state index in [-0.39, 0.29) is 10.6 Å². The van der Waals surface area contributed by atoms with Crippen LogP contribution in [0.15, 0.2) is 27.9 Å². The predicted molar refractivity (Wildman–Crippen MR) is 83.2 cm³/mol. The van der Waals surface area contributed by atoms with Gasteiger partial charge in [-0.1, -0.05) is 0 Å². The molecule has 1 aromatic carbocycles. The first-order valence-electron chi connectivity index (χ1n) is 7.15. The highest BCUT2D eigenvalue weighted by Gasteiger charge is 2.28. The number of nitrogens with two attached hydrogens (primary N) is 1. The average Bonchev–Trinajstić information content (AvgIpc) is 2.87. The summed E-state index contributed by atoms with van der Waals surface area (Å²) in [5.74, 6) is 0. The van der Waals surface area contributed by atoms with E-state index in [2.05, 4.69) is 14.9 Å². The zero-order chi connectivity index (χ0) is 15.7. The van der Waals surface area contributed by atoms with Crippen molar-refractivity contribution in [1.29, 1.82) is 0 Å². The van der Waals surface area contributed by atoms with E-state index < -0.39 is 10.0 Å². The molecule has 0 spiro atoms. The third-order valence-corrected chi connectivity index (χ3v) is 5.80. The van der Waals surface area contributed by atoms with Crippen LogP contribution in [0.5, 0.6) is 0 Å². The van der Waals surface area contributed by atoms with Crippen molar-refractivity contribution in [3.8, 4) is 0 Å². The van der Waals surface area contributed by atoms with Gasteiger partial charge in [-0.3, -0.25) is 4.90 Å². The highest BCUT2D eigenvalue weighted by atomic mass is 32.2. The number of benzene rings is 1. The van der Waals surface area contributed by atoms with Crippen molar-refractivity contribution in [2.24, 2.45) is 5.73 Å². The number of aromatic nitrogens is 2. The first kappa shape index (κ1) is 15.2. The molecule has 22 heavy (non-hydrogen) atoms. The van der Waals surface area contributed by atoms with Crippen LogP contribution in [0.3, 0.4) is 0 Å². The Morgan fingerprint density at radius 2 is 1.77 bits per heavy atom. The monoisotopic (exact) mass is 325 g/mol. The van der Waals surface area contributed by atoms with Crippen molar-refractivity contribution in [2.75, 3.05) is 39.3 Å². The van der Waals surface area contributed by atoms with Gasteiger partial charge in [-0.15, -0.1) is 0 Å². The summed E-state index contributed by atoms with van der Waals surface area (Å²) < 4.78 is 26.8. The number of rotatable bonds is 4. The minimum Gasteiger partial charge on any atom is -0.329 e. The molecule has 8 nitrogen and oxygen atoms in total. The van der Waals surface area contributed by atoms with E-state index in [1.807, 2.05) is 0 Å². The van der Waals surface area contributed by atoms with Gasteiger partial charge < -0.3 is 15.7 Å². The normalized spacial score (nSPS) is 18.0. The second-order valence-electron chi connectivity index (χ2n) is 5.32. The number of hydrogen-bond donors (Lipinski definition) is 3. The highest BCUT2D eigenvalue weighted by molar-refractivity contribution is 7.89. The Hall–Kier alpha value is -1.68. The molecule has 0 amide bonds. The molecule has 1 saturated heterocycles. The van der Waals surface area contributed by atoms with Crippen LogP contribution >= 0.6 is 0 Å². The highest BCUT2D eigenvalue weighted by Crippen LogP contribution is 2.20. The fourth-order valence-corrected chi connectivity index (χ4v) is 4.15. The topological polar surface area (TPSA) is 115 Å². The molecule has 0 atom stereocenters. The maximum Gasteiger partial charge on any atom is 0.323 e. The molecule has 1 aliphatic rings. The van der Waals surface area contributed by atoms with Gasteiger partial charge in [0.05, 0.1) is 15.9 Å². The Morgan fingerprint density at radius 3 is 2.45 bits per heavy atom. The lowest BCUT2D eigenvalue weighted by Crippen LogP contribution is -2.49. The predicted octanol–water partition coefficient (Wildman–Crippen LogP) is -0.879. The number of sulfonamides is 1. The van der Waals surface area contributed by atoms with Gasteiger partial charge in [-0.25, -0.2) is 13.2 Å². The largest absolute Gasteiger partial charge is 0.329 e. The molecule has 1 aliphatic heterocycles. The van der Waals surface area contributed by atoms with Crippen LogP contribution in [0, 0.1) is 0 Å². The first-order valence-corrected chi connectivity index (χ1v) is 8.59. The molecule has 0 radical (unpaired) electrons. The maximum atomic E-state index is 12.7. The molecule has 3 rings (SSSR count). The number of piperazine rings is 1. The van der Waals surface area contributed by atoms with Gasteiger partial charge in [0.25, 0.3) is 0 Å². The average molecular weight is 325 g/mol. The molecular formula is C13H19N5O3S. The van der Waals surface area contributed by atoms with Crippen molar-refractivity contribution in [3.05, 3.63) is 28.7 Å². The molecule has 0 unspecified atom stereocenters. The Labute approximate surface area is 128 Å². The third-order valence-electron chi connectivity index (χ3n) is 3.90. The molecule has 2 heterocycles. The quantitative estimate of drug-likeness (QED) is 0.675. The summed E-state index contributed by atoms with van der Waals surface area (Å²) >= 11 is 0. The van der Waals surface area contributed by atoms with E-state index in [9.17, 15) is 13.2 Å². The minimum atomic E-state index is -3.54. The molecular weight excluding hydrogens is 306 g/mol. The third kappa shape index (κ3) is 2.80. The second-order valence-corrected chi connectivity index (χ2v) is 7.26. The molecule has 0 bridgehead atoms. The minimum absolute atomic E-state index is 0.197. The number of aromatic amines is 2. The molecule has 2 aromatic rings. The van der Waals surface area contributed by atoms with Gasteiger partial charge in [-0.2, -0.15) is 4.31 Å². The van der Waals surface area contributed by atoms with Gasteiger partial charge in [0.2, 0.25) is 10.0 Å². The van der Waals surface area contributed by atoms with Gasteiger partial charge >= 0.3 is 5.69 Å². The molecule has 0 aliphatic carbocycles. The maximum absolute atomic E-state index is 12.7. The zero-order valence-corrected chi connectivity index (χ0v) is 12.9. The van der Waals surface area contributed by atoms with Crippen LogP contribution in [-0.2, 0) is 10.0 Å². The SMILES string of the molecule is NCCN1CCN(S(=O)(=O)c2ccc3[nH]c(=O)[nH]c3c2)CC1. The van der Waals surface area contributed by atoms with Crippen LogP contribution in [0.2, 0.25) is 0 Å². The molecule has 0 saturated carbocycles. The van der Waals surface area contributed by atoms with Gasteiger partial charge in [0.1, 0.15) is 0 Å². The summed E-state index contributed by atoms with van der Waals surface area (Å²) in [7, 11) is -3.54. The number of imidazole rings is 1. The van der Waals surface area contributed by atoms with Crippen molar-refractivity contribution >= 4 is 21.1 Å². The van der Waals surface area contributed by atoms with Crippen LogP contribution in [0.1, 0.15) is 0 Å². The van der Waals surface area contributed by atoms with Gasteiger partial charge in [-0.05, 0) is 18.2 Å². The lowest BCUT2D eigenvalue weighted by molar-refractivity contribution is 0.192. The summed E-state index contributed by atoms with van der Waals surface area (Å²) in [5, 5.41) is 0. The molecule has 1 aromatic heterocycles. The van der Waals surface area contributed by atoms with Crippen molar-refractivity contribution < 1.29 is 8.42 Å². The fraction of sp³-hybridized carbons (Fsp3) is 0.462. The fourth-order valence-electron chi connectivity index (χ4n) is 2.70. The van der Waals surface area contributed by atoms with E-state index >= 15 is 0 Å². The second kappa shape index (κ2) is 5.84. The van der Waals surface area contributed by atoms with Crippen molar-refractivity contribution in [1.82, 2.24) is 19.2 Å². The molecule has 4 N–H and O–H groups in total. The summed E-state index contributed by atoms with van der Waals surface area (Å²) in [6, 6.07) is 4.62. The van der Waals surface area contributed by atoms with Crippen LogP contribution in [-0.4, -0.2) is 66.9 Å². The van der Waals surface area contributed by atoms with Crippen molar-refractivity contribution in [3.63, 3.8) is 0 Å². The summed E-state index contributed by atoms with van der Waals surface area (Å²) in [6.45, 7) is 3.61. The van der Waals surface area contributed by atoms with Crippen molar-refractivity contribution in [2.45, 2.75) is 4.90 Å². The summed E-state index contributed by atoms with van der Waals surface area (Å²) in [5.41, 5.74) is 6.26. The number of H-pyrrole nitrogens is 2. The van der Waals surface area contributed by atoms with E-state index in [0.717, 1.165) is 6.54 Å². The summed E-state index contributed by atoms with van der Waals surface area (Å²) in [6.07, 6.45) is 0. The standard InChI is InChI=1S/C13H19N5O3S/c14-3-4-17-5-7-18(8-6-17)22(20,21)10-1-2-11-12(9-10)16-13(19)15-11/h1-2,9H,3-8,14H2,(H2,15,16,19). The van der Waals surface area contributed by atoms with E-state index in [0.29, 0.717) is 43.8 Å². The number of nitrogens with one attached hydrogen (secondary N) is 2. The number of hydrogen-bond acceptors (Lipinski definition) is 5. The molecule has 9 heteroatoms. The van der Waals surface area contributed by atoms with Crippen LogP contribution < -0.4 is 11.4 Å². The van der Waals surface area contributed by atoms with E-state index in [1.54, 1.807) is 6.07 Å². The number of fused-ring (bicyclic) bond motifs is 1. The first-order chi connectivity index (χ1) is 10.5. The zero-order valence-electron chi connectivity index (χ0n) is 12.1. The molecule has 1 fully saturated rings. The van der Waals surface area contributed by atoms with Gasteiger partial charge in [0.15, 0.2) is 0 Å². The Bertz CT molecular complexity index is 818. The van der Waals surface area contributed by atoms with Gasteiger partial charge in [0, 0.05) is 39.3 Å². The lowest BCUT2D eigenvalue weighted by Gasteiger charge is -2.33. The Balaban J connectivity index is 1.84. The number of nitrogens with zero attached hydrogens (tertiary/aromatic N) is 2. The lowest BCUT2D eigenvalue weighted by atomic mass is 10.3. The Morgan fingerprint density at radius 1 is 1.09 bits per heavy atom. The summed E-state index contributed by atoms with van der Waals surface area (Å²) in [4.78, 5) is 18.8. The van der Waals surface area contributed by atoms with E-state index in [1.165, 1.54) is 16.4 Å². The molecule has 120 valence electrons. The van der Waals surface area contributed by atoms with Crippen LogP contribution in [0.4, 0.5) is 0 Å². The van der Waals surface area contributed by atoms with Crippen LogP contribution in [0.25, 0.3) is 11.0 Å². The smallest absolute Gasteiger partial charge is 0.323 e.